The van der Waals surface area contributed by atoms with Crippen LogP contribution in [0, 0.1) is 0 Å². The van der Waals surface area contributed by atoms with Crippen molar-refractivity contribution in [1.29, 1.82) is 0 Å². The number of guanidine groups is 1. The molecule has 0 radical (unpaired) electrons. The number of hydrogen-bond donors (Lipinski definition) is 2. The van der Waals surface area contributed by atoms with Gasteiger partial charge < -0.3 is 20.1 Å². The highest BCUT2D eigenvalue weighted by Crippen LogP contribution is 2.35. The van der Waals surface area contributed by atoms with E-state index in [1.165, 1.54) is 5.56 Å². The van der Waals surface area contributed by atoms with Gasteiger partial charge in [-0.2, -0.15) is 0 Å². The zero-order valence-corrected chi connectivity index (χ0v) is 18.4. The third kappa shape index (κ3) is 4.90. The highest BCUT2D eigenvalue weighted by atomic mass is 16.5. The first-order valence-corrected chi connectivity index (χ1v) is 10.9. The van der Waals surface area contributed by atoms with Gasteiger partial charge >= 0.3 is 0 Å². The number of rotatable bonds is 8. The van der Waals surface area contributed by atoms with Gasteiger partial charge in [0, 0.05) is 43.3 Å². The minimum absolute atomic E-state index is 0.204. The molecule has 0 fully saturated rings. The predicted octanol–water partition coefficient (Wildman–Crippen LogP) is 2.75. The summed E-state index contributed by atoms with van der Waals surface area (Å²) in [7, 11) is 0. The number of hydrogen-bond acceptors (Lipinski definition) is 5. The number of benzene rings is 1. The lowest BCUT2D eigenvalue weighted by molar-refractivity contribution is 0.254. The van der Waals surface area contributed by atoms with Gasteiger partial charge in [0.2, 0.25) is 0 Å². The van der Waals surface area contributed by atoms with Gasteiger partial charge in [0.05, 0.1) is 13.2 Å². The van der Waals surface area contributed by atoms with Crippen molar-refractivity contribution in [3.05, 3.63) is 53.5 Å². The summed E-state index contributed by atoms with van der Waals surface area (Å²) in [5, 5.41) is 15.2. The molecule has 1 aliphatic heterocycles. The number of fused-ring (bicyclic) bond motifs is 2. The second kappa shape index (κ2) is 9.68. The van der Waals surface area contributed by atoms with E-state index in [2.05, 4.69) is 46.8 Å². The van der Waals surface area contributed by atoms with E-state index in [9.17, 15) is 0 Å². The van der Waals surface area contributed by atoms with Crippen molar-refractivity contribution < 1.29 is 9.47 Å². The second-order valence-corrected chi connectivity index (χ2v) is 7.55. The SMILES string of the molecule is CCNC(=NCc1cc2c(cc1OCC)CC(C)O2)NCCc1nnc2ccccn12. The molecule has 1 aliphatic rings. The molecule has 31 heavy (non-hydrogen) atoms. The van der Waals surface area contributed by atoms with Gasteiger partial charge in [0.15, 0.2) is 11.6 Å². The largest absolute Gasteiger partial charge is 0.494 e. The van der Waals surface area contributed by atoms with Crippen LogP contribution in [0.1, 0.15) is 37.7 Å². The van der Waals surface area contributed by atoms with E-state index in [4.69, 9.17) is 14.5 Å². The number of nitrogens with one attached hydrogen (secondary N) is 2. The number of aliphatic imine (C=N–C) groups is 1. The molecule has 4 rings (SSSR count). The van der Waals surface area contributed by atoms with Gasteiger partial charge in [-0.25, -0.2) is 4.99 Å². The van der Waals surface area contributed by atoms with Crippen molar-refractivity contribution in [1.82, 2.24) is 25.2 Å². The molecule has 3 heterocycles. The van der Waals surface area contributed by atoms with Crippen LogP contribution in [0.2, 0.25) is 0 Å². The number of aromatic nitrogens is 3. The van der Waals surface area contributed by atoms with Crippen LogP contribution >= 0.6 is 0 Å². The third-order valence-corrected chi connectivity index (χ3v) is 5.16. The van der Waals surface area contributed by atoms with Crippen molar-refractivity contribution in [3.63, 3.8) is 0 Å². The van der Waals surface area contributed by atoms with Crippen LogP contribution < -0.4 is 20.1 Å². The fourth-order valence-corrected chi connectivity index (χ4v) is 3.75. The molecule has 1 atom stereocenters. The molecule has 0 saturated carbocycles. The summed E-state index contributed by atoms with van der Waals surface area (Å²) in [6.07, 6.45) is 3.84. The van der Waals surface area contributed by atoms with Gasteiger partial charge in [0.1, 0.15) is 23.4 Å². The molecule has 164 valence electrons. The Balaban J connectivity index is 1.43. The molecule has 0 amide bonds. The van der Waals surface area contributed by atoms with E-state index < -0.39 is 0 Å². The maximum Gasteiger partial charge on any atom is 0.191 e. The van der Waals surface area contributed by atoms with Crippen LogP contribution in [-0.2, 0) is 19.4 Å². The van der Waals surface area contributed by atoms with Crippen LogP contribution in [0.25, 0.3) is 5.65 Å². The highest BCUT2D eigenvalue weighted by molar-refractivity contribution is 5.79. The smallest absolute Gasteiger partial charge is 0.191 e. The Morgan fingerprint density at radius 1 is 1.26 bits per heavy atom. The Kier molecular flexibility index (Phi) is 6.54. The summed E-state index contributed by atoms with van der Waals surface area (Å²) in [4.78, 5) is 4.77. The van der Waals surface area contributed by atoms with Crippen molar-refractivity contribution >= 4 is 11.6 Å². The Morgan fingerprint density at radius 3 is 3.00 bits per heavy atom. The minimum atomic E-state index is 0.204. The van der Waals surface area contributed by atoms with E-state index in [0.29, 0.717) is 19.7 Å². The average molecular weight is 423 g/mol. The lowest BCUT2D eigenvalue weighted by atomic mass is 10.1. The van der Waals surface area contributed by atoms with Crippen LogP contribution in [0.3, 0.4) is 0 Å². The quantitative estimate of drug-likeness (QED) is 0.429. The summed E-state index contributed by atoms with van der Waals surface area (Å²) in [6, 6.07) is 10.1. The van der Waals surface area contributed by atoms with Crippen molar-refractivity contribution in [3.8, 4) is 11.5 Å². The molecule has 3 aromatic rings. The van der Waals surface area contributed by atoms with Gasteiger partial charge in [-0.3, -0.25) is 4.40 Å². The summed E-state index contributed by atoms with van der Waals surface area (Å²) in [6.45, 7) is 8.75. The monoisotopic (exact) mass is 422 g/mol. The fraction of sp³-hybridized carbons (Fsp3) is 0.435. The second-order valence-electron chi connectivity index (χ2n) is 7.55. The third-order valence-electron chi connectivity index (χ3n) is 5.16. The molecule has 2 aromatic heterocycles. The molecule has 0 spiro atoms. The predicted molar refractivity (Wildman–Crippen MR) is 121 cm³/mol. The molecule has 0 aliphatic carbocycles. The maximum absolute atomic E-state index is 5.93. The molecule has 0 bridgehead atoms. The number of nitrogens with zero attached hydrogens (tertiary/aromatic N) is 4. The van der Waals surface area contributed by atoms with Crippen LogP contribution in [0.15, 0.2) is 41.5 Å². The van der Waals surface area contributed by atoms with E-state index in [1.807, 2.05) is 35.7 Å². The van der Waals surface area contributed by atoms with E-state index >= 15 is 0 Å². The zero-order valence-electron chi connectivity index (χ0n) is 18.4. The normalized spacial score (nSPS) is 15.6. The average Bonchev–Trinajstić information content (AvgIpc) is 3.34. The van der Waals surface area contributed by atoms with Crippen molar-refractivity contribution in [2.75, 3.05) is 19.7 Å². The molecule has 1 unspecified atom stereocenters. The Labute approximate surface area is 182 Å². The number of pyridine rings is 1. The lowest BCUT2D eigenvalue weighted by Crippen LogP contribution is -2.38. The Hall–Kier alpha value is -3.29. The molecule has 8 heteroatoms. The zero-order chi connectivity index (χ0) is 21.6. The minimum Gasteiger partial charge on any atom is -0.494 e. The van der Waals surface area contributed by atoms with Crippen LogP contribution in [-0.4, -0.2) is 46.4 Å². The summed E-state index contributed by atoms with van der Waals surface area (Å²) < 4.78 is 13.8. The molecule has 2 N–H and O–H groups in total. The van der Waals surface area contributed by atoms with Gasteiger partial charge in [-0.05, 0) is 45.0 Å². The molecular formula is C23H30N6O2. The topological polar surface area (TPSA) is 85.1 Å². The van der Waals surface area contributed by atoms with Crippen LogP contribution in [0.4, 0.5) is 0 Å². The van der Waals surface area contributed by atoms with E-state index in [-0.39, 0.29) is 6.10 Å². The molecule has 8 nitrogen and oxygen atoms in total. The standard InChI is InChI=1S/C23H30N6O2/c1-4-24-23(25-10-9-22-28-27-21-8-6-7-11-29(21)22)26-15-18-14-20-17(12-16(3)31-20)13-19(18)30-5-2/h6-8,11,13-14,16H,4-5,9-10,12,15H2,1-3H3,(H2,24,25,26). The van der Waals surface area contributed by atoms with E-state index in [0.717, 1.165) is 53.9 Å². The van der Waals surface area contributed by atoms with Crippen LogP contribution in [0.5, 0.6) is 11.5 Å². The van der Waals surface area contributed by atoms with Gasteiger partial charge in [-0.1, -0.05) is 6.07 Å². The first-order valence-electron chi connectivity index (χ1n) is 10.9. The number of ether oxygens (including phenoxy) is 2. The molecule has 0 saturated heterocycles. The molecular weight excluding hydrogens is 392 g/mol. The van der Waals surface area contributed by atoms with Gasteiger partial charge in [-0.15, -0.1) is 10.2 Å². The molecule has 1 aromatic carbocycles. The maximum atomic E-state index is 5.93. The summed E-state index contributed by atoms with van der Waals surface area (Å²) in [5.41, 5.74) is 3.08. The van der Waals surface area contributed by atoms with Crippen molar-refractivity contribution in [2.24, 2.45) is 4.99 Å². The highest BCUT2D eigenvalue weighted by Gasteiger charge is 2.21. The summed E-state index contributed by atoms with van der Waals surface area (Å²) in [5.74, 6) is 3.50. The van der Waals surface area contributed by atoms with E-state index in [1.54, 1.807) is 0 Å². The summed E-state index contributed by atoms with van der Waals surface area (Å²) >= 11 is 0. The lowest BCUT2D eigenvalue weighted by Gasteiger charge is -2.13. The fourth-order valence-electron chi connectivity index (χ4n) is 3.75. The Bertz CT molecular complexity index is 1060. The van der Waals surface area contributed by atoms with Gasteiger partial charge in [0.25, 0.3) is 0 Å². The first kappa shape index (κ1) is 21.0. The van der Waals surface area contributed by atoms with Crippen molar-refractivity contribution in [2.45, 2.75) is 46.3 Å². The Morgan fingerprint density at radius 2 is 2.16 bits per heavy atom. The first-order chi connectivity index (χ1) is 15.2.